The summed E-state index contributed by atoms with van der Waals surface area (Å²) >= 11 is 0. The quantitative estimate of drug-likeness (QED) is 0.924. The van der Waals surface area contributed by atoms with Crippen molar-refractivity contribution in [2.24, 2.45) is 4.99 Å². The van der Waals surface area contributed by atoms with Crippen molar-refractivity contribution in [2.75, 3.05) is 0 Å². The second kappa shape index (κ2) is 6.43. The van der Waals surface area contributed by atoms with Gasteiger partial charge in [-0.25, -0.2) is 4.79 Å². The summed E-state index contributed by atoms with van der Waals surface area (Å²) in [6.07, 6.45) is 0.302. The highest BCUT2D eigenvalue weighted by Crippen LogP contribution is 2.32. The first-order chi connectivity index (χ1) is 10.7. The number of aliphatic imine (C=N–C) groups is 1. The molecule has 0 aliphatic carbocycles. The number of carbonyl (C=O) groups excluding carboxylic acids is 1. The molecule has 0 spiro atoms. The van der Waals surface area contributed by atoms with E-state index in [-0.39, 0.29) is 12.6 Å². The van der Waals surface area contributed by atoms with Crippen molar-refractivity contribution in [2.45, 2.75) is 26.0 Å². The van der Waals surface area contributed by atoms with Crippen molar-refractivity contribution < 1.29 is 9.53 Å². The first-order valence-electron chi connectivity index (χ1n) is 7.32. The Morgan fingerprint density at radius 1 is 1.18 bits per heavy atom. The van der Waals surface area contributed by atoms with Gasteiger partial charge in [0.15, 0.2) is 0 Å². The van der Waals surface area contributed by atoms with Crippen LogP contribution >= 0.6 is 0 Å². The Bertz CT molecular complexity index is 695. The van der Waals surface area contributed by atoms with Gasteiger partial charge in [-0.3, -0.25) is 4.99 Å². The second-order valence-electron chi connectivity index (χ2n) is 5.37. The van der Waals surface area contributed by atoms with Crippen molar-refractivity contribution >= 4 is 17.5 Å². The van der Waals surface area contributed by atoms with Gasteiger partial charge in [-0.05, 0) is 18.6 Å². The van der Waals surface area contributed by atoms with Crippen LogP contribution in [0.1, 0.15) is 30.5 Å². The largest absolute Gasteiger partial charge is 0.445 e. The lowest BCUT2D eigenvalue weighted by atomic mass is 9.97. The van der Waals surface area contributed by atoms with Crippen molar-refractivity contribution in [3.8, 4) is 0 Å². The Morgan fingerprint density at radius 2 is 1.91 bits per heavy atom. The molecule has 22 heavy (non-hydrogen) atoms. The molecule has 1 N–H and O–H groups in total. The number of hydrogen-bond donors (Lipinski definition) is 1. The van der Waals surface area contributed by atoms with Gasteiger partial charge in [-0.1, -0.05) is 48.5 Å². The third kappa shape index (κ3) is 3.34. The highest BCUT2D eigenvalue weighted by atomic mass is 16.5. The average Bonchev–Trinajstić information content (AvgIpc) is 2.54. The van der Waals surface area contributed by atoms with E-state index >= 15 is 0 Å². The smallest absolute Gasteiger partial charge is 0.407 e. The SMILES string of the molecule is CC1=Nc2ccccc2C(NC(=O)OCc2ccccc2)C1. The minimum Gasteiger partial charge on any atom is -0.445 e. The Hall–Kier alpha value is -2.62. The van der Waals surface area contributed by atoms with Gasteiger partial charge < -0.3 is 10.1 Å². The van der Waals surface area contributed by atoms with E-state index in [0.717, 1.165) is 22.5 Å². The predicted octanol–water partition coefficient (Wildman–Crippen LogP) is 4.15. The summed E-state index contributed by atoms with van der Waals surface area (Å²) in [6.45, 7) is 2.24. The van der Waals surface area contributed by atoms with Crippen LogP contribution in [-0.2, 0) is 11.3 Å². The van der Waals surface area contributed by atoms with Crippen molar-refractivity contribution in [3.63, 3.8) is 0 Å². The first-order valence-corrected chi connectivity index (χ1v) is 7.32. The van der Waals surface area contributed by atoms with Gasteiger partial charge in [0, 0.05) is 17.7 Å². The van der Waals surface area contributed by atoms with Crippen LogP contribution in [0.4, 0.5) is 10.5 Å². The van der Waals surface area contributed by atoms with Gasteiger partial charge in [0.05, 0.1) is 11.7 Å². The molecule has 0 saturated carbocycles. The first kappa shape index (κ1) is 14.3. The molecule has 2 aromatic rings. The molecule has 1 unspecified atom stereocenters. The zero-order valence-electron chi connectivity index (χ0n) is 12.5. The zero-order chi connectivity index (χ0) is 15.4. The molecule has 4 nitrogen and oxygen atoms in total. The van der Waals surface area contributed by atoms with Crippen LogP contribution in [0, 0.1) is 0 Å². The lowest BCUT2D eigenvalue weighted by molar-refractivity contribution is 0.136. The number of amides is 1. The summed E-state index contributed by atoms with van der Waals surface area (Å²) in [4.78, 5) is 16.5. The normalized spacial score (nSPS) is 16.4. The molecule has 2 aromatic carbocycles. The Morgan fingerprint density at radius 3 is 2.73 bits per heavy atom. The van der Waals surface area contributed by atoms with Crippen molar-refractivity contribution in [3.05, 3.63) is 65.7 Å². The summed E-state index contributed by atoms with van der Waals surface area (Å²) < 4.78 is 5.29. The van der Waals surface area contributed by atoms with Crippen molar-refractivity contribution in [1.29, 1.82) is 0 Å². The van der Waals surface area contributed by atoms with Gasteiger partial charge in [-0.2, -0.15) is 0 Å². The van der Waals surface area contributed by atoms with Crippen molar-refractivity contribution in [1.82, 2.24) is 5.32 Å². The van der Waals surface area contributed by atoms with E-state index in [4.69, 9.17) is 4.74 Å². The lowest BCUT2D eigenvalue weighted by Crippen LogP contribution is -2.31. The van der Waals surface area contributed by atoms with Gasteiger partial charge in [0.25, 0.3) is 0 Å². The van der Waals surface area contributed by atoms with E-state index in [0.29, 0.717) is 6.42 Å². The summed E-state index contributed by atoms with van der Waals surface area (Å²) in [7, 11) is 0. The molecule has 0 saturated heterocycles. The van der Waals surface area contributed by atoms with E-state index in [2.05, 4.69) is 10.3 Å². The predicted molar refractivity (Wildman–Crippen MR) is 86.3 cm³/mol. The fourth-order valence-electron chi connectivity index (χ4n) is 2.58. The number of nitrogens with one attached hydrogen (secondary N) is 1. The van der Waals surface area contributed by atoms with Gasteiger partial charge in [0.1, 0.15) is 6.61 Å². The van der Waals surface area contributed by atoms with Crippen LogP contribution in [0.2, 0.25) is 0 Å². The number of fused-ring (bicyclic) bond motifs is 1. The highest BCUT2D eigenvalue weighted by molar-refractivity contribution is 5.88. The number of ether oxygens (including phenoxy) is 1. The third-order valence-corrected chi connectivity index (χ3v) is 3.63. The topological polar surface area (TPSA) is 50.7 Å². The summed E-state index contributed by atoms with van der Waals surface area (Å²) in [6, 6.07) is 17.4. The lowest BCUT2D eigenvalue weighted by Gasteiger charge is -2.24. The molecule has 0 radical (unpaired) electrons. The van der Waals surface area contributed by atoms with E-state index in [1.54, 1.807) is 0 Å². The van der Waals surface area contributed by atoms with E-state index in [1.165, 1.54) is 0 Å². The third-order valence-electron chi connectivity index (χ3n) is 3.63. The summed E-state index contributed by atoms with van der Waals surface area (Å²) in [5.74, 6) is 0. The minimum absolute atomic E-state index is 0.0861. The average molecular weight is 294 g/mol. The number of para-hydroxylation sites is 1. The Balaban J connectivity index is 1.63. The molecule has 0 fully saturated rings. The minimum atomic E-state index is -0.404. The fourth-order valence-corrected chi connectivity index (χ4v) is 2.58. The van der Waals surface area contributed by atoms with Crippen LogP contribution < -0.4 is 5.32 Å². The van der Waals surface area contributed by atoms with Gasteiger partial charge >= 0.3 is 6.09 Å². The van der Waals surface area contributed by atoms with Crippen LogP contribution in [0.25, 0.3) is 0 Å². The number of carbonyl (C=O) groups is 1. The maximum absolute atomic E-state index is 12.0. The molecule has 1 amide bonds. The summed E-state index contributed by atoms with van der Waals surface area (Å²) in [5, 5.41) is 2.93. The molecule has 112 valence electrons. The number of nitrogens with zero attached hydrogens (tertiary/aromatic N) is 1. The maximum atomic E-state index is 12.0. The highest BCUT2D eigenvalue weighted by Gasteiger charge is 2.22. The molecule has 0 aromatic heterocycles. The number of benzene rings is 2. The monoisotopic (exact) mass is 294 g/mol. The zero-order valence-corrected chi connectivity index (χ0v) is 12.5. The van der Waals surface area contributed by atoms with E-state index < -0.39 is 6.09 Å². The van der Waals surface area contributed by atoms with Crippen LogP contribution in [-0.4, -0.2) is 11.8 Å². The molecule has 1 heterocycles. The Labute approximate surface area is 129 Å². The van der Waals surface area contributed by atoms with Gasteiger partial charge in [-0.15, -0.1) is 0 Å². The van der Waals surface area contributed by atoms with Crippen LogP contribution in [0.3, 0.4) is 0 Å². The van der Waals surface area contributed by atoms with E-state index in [9.17, 15) is 4.79 Å². The maximum Gasteiger partial charge on any atom is 0.407 e. The standard InChI is InChI=1S/C18H18N2O2/c1-13-11-17(15-9-5-6-10-16(15)19-13)20-18(21)22-12-14-7-3-2-4-8-14/h2-10,17H,11-12H2,1H3,(H,20,21). The molecule has 3 rings (SSSR count). The Kier molecular flexibility index (Phi) is 4.19. The fraction of sp³-hybridized carbons (Fsp3) is 0.222. The van der Waals surface area contributed by atoms with Gasteiger partial charge in [0.2, 0.25) is 0 Å². The number of alkyl carbamates (subject to hydrolysis) is 1. The van der Waals surface area contributed by atoms with Crippen LogP contribution in [0.5, 0.6) is 0 Å². The molecule has 1 atom stereocenters. The molecular formula is C18H18N2O2. The molecular weight excluding hydrogens is 276 g/mol. The second-order valence-corrected chi connectivity index (χ2v) is 5.37. The molecule has 1 aliphatic heterocycles. The van der Waals surface area contributed by atoms with E-state index in [1.807, 2.05) is 61.5 Å². The molecule has 1 aliphatic rings. The summed E-state index contributed by atoms with van der Waals surface area (Å²) in [5.41, 5.74) is 3.93. The molecule has 4 heteroatoms. The number of rotatable bonds is 3. The molecule has 0 bridgehead atoms. The van der Waals surface area contributed by atoms with Crippen LogP contribution in [0.15, 0.2) is 59.6 Å². The number of hydrogen-bond acceptors (Lipinski definition) is 3.